The number of ether oxygens (including phenoxy) is 1. The first kappa shape index (κ1) is 15.3. The van der Waals surface area contributed by atoms with Gasteiger partial charge in [-0.1, -0.05) is 11.8 Å². The van der Waals surface area contributed by atoms with E-state index in [-0.39, 0.29) is 15.9 Å². The van der Waals surface area contributed by atoms with Gasteiger partial charge in [0.05, 0.1) is 16.6 Å². The third-order valence-electron chi connectivity index (χ3n) is 3.42. The zero-order chi connectivity index (χ0) is 15.9. The van der Waals surface area contributed by atoms with Crippen LogP contribution in [0.1, 0.15) is 13.3 Å². The third-order valence-corrected chi connectivity index (χ3v) is 5.90. The summed E-state index contributed by atoms with van der Waals surface area (Å²) in [6, 6.07) is 3.51. The van der Waals surface area contributed by atoms with Gasteiger partial charge >= 0.3 is 0 Å². The SMILES string of the molecule is C[C@@H]1Oc2ccc(S(=O)(=O)N[C@H]3CCSC3=O)cc2NC1=O. The van der Waals surface area contributed by atoms with Crippen molar-refractivity contribution in [3.63, 3.8) is 0 Å². The lowest BCUT2D eigenvalue weighted by molar-refractivity contribution is -0.122. The summed E-state index contributed by atoms with van der Waals surface area (Å²) < 4.78 is 32.5. The molecular formula is C13H14N2O5S2. The second kappa shape index (κ2) is 5.56. The Bertz CT molecular complexity index is 747. The fourth-order valence-corrected chi connectivity index (χ4v) is 4.48. The van der Waals surface area contributed by atoms with Crippen LogP contribution < -0.4 is 14.8 Å². The maximum absolute atomic E-state index is 12.3. The number of hydrogen-bond acceptors (Lipinski definition) is 6. The molecule has 1 saturated heterocycles. The topological polar surface area (TPSA) is 102 Å². The number of amides is 1. The number of anilines is 1. The zero-order valence-electron chi connectivity index (χ0n) is 11.7. The van der Waals surface area contributed by atoms with E-state index in [1.54, 1.807) is 6.92 Å². The standard InChI is InChI=1S/C13H14N2O5S2/c1-7-12(16)14-10-6-8(2-3-11(10)20-7)22(18,19)15-9-4-5-21-13(9)17/h2-3,6-7,9,15H,4-5H2,1H3,(H,14,16)/t7-,9-/m0/s1. The Morgan fingerprint density at radius 2 is 2.14 bits per heavy atom. The van der Waals surface area contributed by atoms with Crippen molar-refractivity contribution >= 4 is 38.5 Å². The lowest BCUT2D eigenvalue weighted by Crippen LogP contribution is -2.37. The molecule has 2 aliphatic heterocycles. The second-order valence-electron chi connectivity index (χ2n) is 5.04. The van der Waals surface area contributed by atoms with Crippen molar-refractivity contribution in [3.8, 4) is 5.75 Å². The molecule has 1 aromatic carbocycles. The lowest BCUT2D eigenvalue weighted by atomic mass is 10.2. The van der Waals surface area contributed by atoms with Crippen LogP contribution in [0.3, 0.4) is 0 Å². The molecule has 1 fully saturated rings. The van der Waals surface area contributed by atoms with E-state index >= 15 is 0 Å². The van der Waals surface area contributed by atoms with E-state index in [1.165, 1.54) is 18.2 Å². The molecule has 2 heterocycles. The minimum atomic E-state index is -3.83. The fourth-order valence-electron chi connectivity index (χ4n) is 2.21. The van der Waals surface area contributed by atoms with E-state index in [0.717, 1.165) is 11.8 Å². The average Bonchev–Trinajstić information content (AvgIpc) is 2.84. The number of rotatable bonds is 3. The average molecular weight is 342 g/mol. The van der Waals surface area contributed by atoms with Crippen LogP contribution in [-0.2, 0) is 19.6 Å². The van der Waals surface area contributed by atoms with Crippen molar-refractivity contribution in [2.24, 2.45) is 0 Å². The third kappa shape index (κ3) is 2.83. The molecule has 7 nitrogen and oxygen atoms in total. The number of benzene rings is 1. The monoisotopic (exact) mass is 342 g/mol. The van der Waals surface area contributed by atoms with Gasteiger partial charge in [0.15, 0.2) is 6.10 Å². The number of sulfonamides is 1. The van der Waals surface area contributed by atoms with Crippen molar-refractivity contribution < 1.29 is 22.7 Å². The van der Waals surface area contributed by atoms with Crippen molar-refractivity contribution in [3.05, 3.63) is 18.2 Å². The summed E-state index contributed by atoms with van der Waals surface area (Å²) in [5.41, 5.74) is 0.304. The number of carbonyl (C=O) groups is 2. The number of carbonyl (C=O) groups excluding carboxylic acids is 2. The molecule has 1 amide bonds. The van der Waals surface area contributed by atoms with Crippen LogP contribution in [0, 0.1) is 0 Å². The molecule has 0 bridgehead atoms. The van der Waals surface area contributed by atoms with E-state index in [9.17, 15) is 18.0 Å². The highest BCUT2D eigenvalue weighted by atomic mass is 32.2. The smallest absolute Gasteiger partial charge is 0.265 e. The Hall–Kier alpha value is -1.58. The number of nitrogens with one attached hydrogen (secondary N) is 2. The van der Waals surface area contributed by atoms with Gasteiger partial charge in [-0.3, -0.25) is 9.59 Å². The van der Waals surface area contributed by atoms with Crippen LogP contribution in [0.15, 0.2) is 23.1 Å². The highest BCUT2D eigenvalue weighted by Crippen LogP contribution is 2.32. The van der Waals surface area contributed by atoms with Crippen LogP contribution in [-0.4, -0.2) is 37.3 Å². The maximum atomic E-state index is 12.3. The molecule has 0 aliphatic carbocycles. The Morgan fingerprint density at radius 3 is 2.82 bits per heavy atom. The van der Waals surface area contributed by atoms with Crippen LogP contribution in [0.2, 0.25) is 0 Å². The van der Waals surface area contributed by atoms with E-state index in [1.807, 2.05) is 0 Å². The lowest BCUT2D eigenvalue weighted by Gasteiger charge is -2.23. The summed E-state index contributed by atoms with van der Waals surface area (Å²) in [6.07, 6.45) is -0.147. The summed E-state index contributed by atoms with van der Waals surface area (Å²) in [4.78, 5) is 23.1. The molecular weight excluding hydrogens is 328 g/mol. The molecule has 2 aliphatic rings. The molecule has 1 aromatic rings. The first-order valence-electron chi connectivity index (χ1n) is 6.67. The van der Waals surface area contributed by atoms with Crippen molar-refractivity contribution in [1.82, 2.24) is 4.72 Å². The second-order valence-corrected chi connectivity index (χ2v) is 7.85. The molecule has 0 aromatic heterocycles. The van der Waals surface area contributed by atoms with E-state index < -0.39 is 22.2 Å². The minimum absolute atomic E-state index is 0.0191. The van der Waals surface area contributed by atoms with Crippen LogP contribution in [0.25, 0.3) is 0 Å². The first-order valence-corrected chi connectivity index (χ1v) is 9.14. The molecule has 3 rings (SSSR count). The minimum Gasteiger partial charge on any atom is -0.479 e. The summed E-state index contributed by atoms with van der Waals surface area (Å²) >= 11 is 1.12. The zero-order valence-corrected chi connectivity index (χ0v) is 13.3. The van der Waals surface area contributed by atoms with Gasteiger partial charge in [-0.2, -0.15) is 4.72 Å². The predicted molar refractivity (Wildman–Crippen MR) is 81.4 cm³/mol. The molecule has 9 heteroatoms. The highest BCUT2D eigenvalue weighted by molar-refractivity contribution is 8.14. The highest BCUT2D eigenvalue weighted by Gasteiger charge is 2.31. The molecule has 22 heavy (non-hydrogen) atoms. The Kier molecular flexibility index (Phi) is 3.87. The quantitative estimate of drug-likeness (QED) is 0.839. The van der Waals surface area contributed by atoms with Crippen LogP contribution >= 0.6 is 11.8 Å². The predicted octanol–water partition coefficient (Wildman–Crippen LogP) is 0.716. The van der Waals surface area contributed by atoms with Gasteiger partial charge in [0, 0.05) is 5.75 Å². The largest absolute Gasteiger partial charge is 0.479 e. The number of fused-ring (bicyclic) bond motifs is 1. The van der Waals surface area contributed by atoms with Gasteiger partial charge in [0.25, 0.3) is 5.91 Å². The Balaban J connectivity index is 1.87. The Labute approximate surface area is 131 Å². The van der Waals surface area contributed by atoms with Gasteiger partial charge in [0.2, 0.25) is 15.1 Å². The molecule has 0 spiro atoms. The maximum Gasteiger partial charge on any atom is 0.265 e. The summed E-state index contributed by atoms with van der Waals surface area (Å²) in [5.74, 6) is 0.689. The van der Waals surface area contributed by atoms with Crippen molar-refractivity contribution in [1.29, 1.82) is 0 Å². The molecule has 0 saturated carbocycles. The van der Waals surface area contributed by atoms with Crippen molar-refractivity contribution in [2.45, 2.75) is 30.4 Å². The van der Waals surface area contributed by atoms with E-state index in [4.69, 9.17) is 4.74 Å². The van der Waals surface area contributed by atoms with Crippen molar-refractivity contribution in [2.75, 3.05) is 11.1 Å². The molecule has 0 unspecified atom stereocenters. The number of hydrogen-bond donors (Lipinski definition) is 2. The molecule has 118 valence electrons. The summed E-state index contributed by atoms with van der Waals surface area (Å²) in [7, 11) is -3.83. The summed E-state index contributed by atoms with van der Waals surface area (Å²) in [5, 5.41) is 2.42. The molecule has 0 radical (unpaired) electrons. The fraction of sp³-hybridized carbons (Fsp3) is 0.385. The summed E-state index contributed by atoms with van der Waals surface area (Å²) in [6.45, 7) is 1.61. The number of thioether (sulfide) groups is 1. The molecule has 2 N–H and O–H groups in total. The normalized spacial score (nSPS) is 24.6. The van der Waals surface area contributed by atoms with Crippen LogP contribution in [0.5, 0.6) is 5.75 Å². The Morgan fingerprint density at radius 1 is 1.36 bits per heavy atom. The molecule has 2 atom stereocenters. The van der Waals surface area contributed by atoms with Gasteiger partial charge in [-0.05, 0) is 31.5 Å². The van der Waals surface area contributed by atoms with Gasteiger partial charge in [0.1, 0.15) is 5.75 Å². The van der Waals surface area contributed by atoms with Crippen LogP contribution in [0.4, 0.5) is 5.69 Å². The van der Waals surface area contributed by atoms with Gasteiger partial charge in [-0.15, -0.1) is 0 Å². The van der Waals surface area contributed by atoms with Gasteiger partial charge in [-0.25, -0.2) is 8.42 Å². The van der Waals surface area contributed by atoms with E-state index in [0.29, 0.717) is 23.6 Å². The van der Waals surface area contributed by atoms with E-state index in [2.05, 4.69) is 10.0 Å². The first-order chi connectivity index (χ1) is 10.4. The van der Waals surface area contributed by atoms with Gasteiger partial charge < -0.3 is 10.1 Å².